The molecule has 5 nitrogen and oxygen atoms in total. The number of nitrogens with one attached hydrogen (secondary N) is 1. The summed E-state index contributed by atoms with van der Waals surface area (Å²) in [6, 6.07) is -0.0246. The lowest BCUT2D eigenvalue weighted by Gasteiger charge is -2.19. The summed E-state index contributed by atoms with van der Waals surface area (Å²) in [4.78, 5) is 22.5. The predicted molar refractivity (Wildman–Crippen MR) is 64.5 cm³/mol. The summed E-state index contributed by atoms with van der Waals surface area (Å²) >= 11 is 0. The molecule has 1 N–H and O–H groups in total. The Morgan fingerprint density at radius 1 is 1.12 bits per heavy atom. The molecule has 0 aliphatic carbocycles. The molecule has 0 aromatic rings. The van der Waals surface area contributed by atoms with Crippen LogP contribution in [0.3, 0.4) is 0 Å². The summed E-state index contributed by atoms with van der Waals surface area (Å²) in [5.41, 5.74) is 0. The van der Waals surface area contributed by atoms with Crippen LogP contribution in [0.5, 0.6) is 0 Å². The van der Waals surface area contributed by atoms with Crippen LogP contribution < -0.4 is 5.32 Å². The van der Waals surface area contributed by atoms with Crippen molar-refractivity contribution in [3.63, 3.8) is 0 Å². The molecule has 0 aromatic carbocycles. The zero-order valence-corrected chi connectivity index (χ0v) is 11.1. The molecule has 0 spiro atoms. The number of esters is 2. The fourth-order valence-electron chi connectivity index (χ4n) is 1.29. The molecule has 0 bridgehead atoms. The number of rotatable bonds is 8. The highest BCUT2D eigenvalue weighted by Gasteiger charge is 2.20. The second-order valence-electron chi connectivity index (χ2n) is 3.84. The minimum Gasteiger partial charge on any atom is -0.466 e. The van der Waals surface area contributed by atoms with Gasteiger partial charge in [0.25, 0.3) is 0 Å². The topological polar surface area (TPSA) is 64.6 Å². The first-order chi connectivity index (χ1) is 8.02. The third-order valence-electron chi connectivity index (χ3n) is 2.51. The summed E-state index contributed by atoms with van der Waals surface area (Å²) < 4.78 is 9.72. The van der Waals surface area contributed by atoms with Gasteiger partial charge in [-0.2, -0.15) is 0 Å². The van der Waals surface area contributed by atoms with Gasteiger partial charge >= 0.3 is 11.9 Å². The van der Waals surface area contributed by atoms with Gasteiger partial charge in [-0.3, -0.25) is 9.59 Å². The Morgan fingerprint density at radius 2 is 1.71 bits per heavy atom. The van der Waals surface area contributed by atoms with E-state index in [4.69, 9.17) is 9.47 Å². The monoisotopic (exact) mass is 245 g/mol. The largest absolute Gasteiger partial charge is 0.466 e. The van der Waals surface area contributed by atoms with E-state index in [0.29, 0.717) is 26.2 Å². The van der Waals surface area contributed by atoms with Gasteiger partial charge in [0.2, 0.25) is 0 Å². The number of hydrogen-bond acceptors (Lipinski definition) is 5. The third-order valence-corrected chi connectivity index (χ3v) is 2.51. The normalized spacial score (nSPS) is 13.9. The van der Waals surface area contributed by atoms with E-state index in [-0.39, 0.29) is 23.9 Å². The Kier molecular flexibility index (Phi) is 8.40. The van der Waals surface area contributed by atoms with Crippen molar-refractivity contribution in [3.05, 3.63) is 0 Å². The second-order valence-corrected chi connectivity index (χ2v) is 3.84. The van der Waals surface area contributed by atoms with Crippen LogP contribution in [-0.2, 0) is 19.1 Å². The van der Waals surface area contributed by atoms with E-state index in [1.807, 2.05) is 6.92 Å². The second kappa shape index (κ2) is 8.98. The Hall–Kier alpha value is -1.10. The highest BCUT2D eigenvalue weighted by molar-refractivity contribution is 5.72. The number of ether oxygens (including phenoxy) is 2. The predicted octanol–water partition coefficient (Wildman–Crippen LogP) is 1.12. The van der Waals surface area contributed by atoms with E-state index in [1.165, 1.54) is 0 Å². The first-order valence-corrected chi connectivity index (χ1v) is 6.08. The summed E-state index contributed by atoms with van der Waals surface area (Å²) in [5.74, 6) is -0.670. The van der Waals surface area contributed by atoms with Crippen molar-refractivity contribution >= 4 is 11.9 Å². The zero-order chi connectivity index (χ0) is 13.3. The van der Waals surface area contributed by atoms with E-state index in [9.17, 15) is 9.59 Å². The molecule has 0 radical (unpaired) electrons. The maximum atomic E-state index is 11.4. The van der Waals surface area contributed by atoms with Gasteiger partial charge in [0.15, 0.2) is 0 Å². The van der Waals surface area contributed by atoms with Gasteiger partial charge in [0.05, 0.1) is 25.6 Å². The molecule has 17 heavy (non-hydrogen) atoms. The van der Waals surface area contributed by atoms with Crippen LogP contribution in [0.25, 0.3) is 0 Å². The molecule has 5 heteroatoms. The maximum absolute atomic E-state index is 11.4. The standard InChI is InChI=1S/C12H23NO4/c1-5-16-11(14)7-8-13-10(4)9(3)12(15)17-6-2/h9-10,13H,5-8H2,1-4H3. The Balaban J connectivity index is 3.81. The van der Waals surface area contributed by atoms with Crippen molar-refractivity contribution in [2.24, 2.45) is 5.92 Å². The van der Waals surface area contributed by atoms with Gasteiger partial charge in [-0.25, -0.2) is 0 Å². The first-order valence-electron chi connectivity index (χ1n) is 6.08. The van der Waals surface area contributed by atoms with Crippen LogP contribution in [0, 0.1) is 5.92 Å². The summed E-state index contributed by atoms with van der Waals surface area (Å²) in [7, 11) is 0. The Morgan fingerprint density at radius 3 is 2.24 bits per heavy atom. The molecule has 0 aliphatic heterocycles. The SMILES string of the molecule is CCOC(=O)CCNC(C)C(C)C(=O)OCC. The fourth-order valence-corrected chi connectivity index (χ4v) is 1.29. The summed E-state index contributed by atoms with van der Waals surface area (Å²) in [6.45, 7) is 8.54. The molecule has 0 saturated heterocycles. The molecule has 0 aliphatic rings. The van der Waals surface area contributed by atoms with E-state index in [2.05, 4.69) is 5.32 Å². The summed E-state index contributed by atoms with van der Waals surface area (Å²) in [6.07, 6.45) is 0.313. The number of carbonyl (C=O) groups excluding carboxylic acids is 2. The van der Waals surface area contributed by atoms with E-state index >= 15 is 0 Å². The van der Waals surface area contributed by atoms with Crippen LogP contribution in [0.15, 0.2) is 0 Å². The molecule has 100 valence electrons. The zero-order valence-electron chi connectivity index (χ0n) is 11.1. The maximum Gasteiger partial charge on any atom is 0.310 e. The first kappa shape index (κ1) is 15.9. The van der Waals surface area contributed by atoms with Crippen LogP contribution in [0.4, 0.5) is 0 Å². The summed E-state index contributed by atoms with van der Waals surface area (Å²) in [5, 5.41) is 3.11. The van der Waals surface area contributed by atoms with Gasteiger partial charge < -0.3 is 14.8 Å². The molecule has 2 unspecified atom stereocenters. The van der Waals surface area contributed by atoms with Crippen molar-refractivity contribution in [1.29, 1.82) is 0 Å². The lowest BCUT2D eigenvalue weighted by Crippen LogP contribution is -2.38. The van der Waals surface area contributed by atoms with Gasteiger partial charge in [-0.05, 0) is 20.8 Å². The van der Waals surface area contributed by atoms with Crippen LogP contribution in [0.2, 0.25) is 0 Å². The molecule has 0 amide bonds. The Bertz CT molecular complexity index is 243. The third kappa shape index (κ3) is 6.94. The van der Waals surface area contributed by atoms with E-state index in [1.54, 1.807) is 20.8 Å². The van der Waals surface area contributed by atoms with Crippen LogP contribution >= 0.6 is 0 Å². The average molecular weight is 245 g/mol. The Labute approximate surface area is 103 Å². The quantitative estimate of drug-likeness (QED) is 0.649. The minimum atomic E-state index is -0.226. The molecule has 2 atom stereocenters. The lowest BCUT2D eigenvalue weighted by molar-refractivity contribution is -0.148. The van der Waals surface area contributed by atoms with Crippen molar-refractivity contribution in [2.75, 3.05) is 19.8 Å². The van der Waals surface area contributed by atoms with Gasteiger partial charge in [0, 0.05) is 12.6 Å². The molecule has 0 saturated carbocycles. The molecule has 0 rings (SSSR count). The van der Waals surface area contributed by atoms with Crippen molar-refractivity contribution in [2.45, 2.75) is 40.2 Å². The fraction of sp³-hybridized carbons (Fsp3) is 0.833. The van der Waals surface area contributed by atoms with Gasteiger partial charge in [0.1, 0.15) is 0 Å². The highest BCUT2D eigenvalue weighted by atomic mass is 16.5. The van der Waals surface area contributed by atoms with E-state index < -0.39 is 0 Å². The van der Waals surface area contributed by atoms with Crippen LogP contribution in [0.1, 0.15) is 34.1 Å². The molecular weight excluding hydrogens is 222 g/mol. The highest BCUT2D eigenvalue weighted by Crippen LogP contribution is 2.05. The molecular formula is C12H23NO4. The van der Waals surface area contributed by atoms with Gasteiger partial charge in [-0.1, -0.05) is 6.92 Å². The number of carbonyl (C=O) groups is 2. The molecule has 0 heterocycles. The van der Waals surface area contributed by atoms with Crippen molar-refractivity contribution in [1.82, 2.24) is 5.32 Å². The smallest absolute Gasteiger partial charge is 0.310 e. The van der Waals surface area contributed by atoms with Crippen LogP contribution in [-0.4, -0.2) is 37.7 Å². The molecule has 0 aromatic heterocycles. The van der Waals surface area contributed by atoms with Crippen molar-refractivity contribution < 1.29 is 19.1 Å². The molecule has 0 fully saturated rings. The lowest BCUT2D eigenvalue weighted by atomic mass is 10.0. The number of hydrogen-bond donors (Lipinski definition) is 1. The minimum absolute atomic E-state index is 0.0246. The van der Waals surface area contributed by atoms with Crippen molar-refractivity contribution in [3.8, 4) is 0 Å². The van der Waals surface area contributed by atoms with E-state index in [0.717, 1.165) is 0 Å². The van der Waals surface area contributed by atoms with Gasteiger partial charge in [-0.15, -0.1) is 0 Å². The average Bonchev–Trinajstić information content (AvgIpc) is 2.28.